The first kappa shape index (κ1) is 16.7. The molecule has 0 spiro atoms. The van der Waals surface area contributed by atoms with Gasteiger partial charge in [-0.2, -0.15) is 5.10 Å². The summed E-state index contributed by atoms with van der Waals surface area (Å²) in [6.45, 7) is 2.63. The molecule has 0 bridgehead atoms. The highest BCUT2D eigenvalue weighted by molar-refractivity contribution is 5.94. The fraction of sp³-hybridized carbons (Fsp3) is 0.312. The Morgan fingerprint density at radius 1 is 1.35 bits per heavy atom. The van der Waals surface area contributed by atoms with E-state index in [-0.39, 0.29) is 12.5 Å². The number of aryl methyl sites for hydroxylation is 1. The van der Waals surface area contributed by atoms with Crippen molar-refractivity contribution in [1.29, 1.82) is 0 Å². The maximum absolute atomic E-state index is 12.9. The first-order valence-corrected chi connectivity index (χ1v) is 7.30. The third-order valence-electron chi connectivity index (χ3n) is 3.39. The predicted octanol–water partition coefficient (Wildman–Crippen LogP) is 2.03. The van der Waals surface area contributed by atoms with Gasteiger partial charge in [-0.05, 0) is 24.1 Å². The van der Waals surface area contributed by atoms with Gasteiger partial charge in [0.05, 0.1) is 17.7 Å². The van der Waals surface area contributed by atoms with Crippen LogP contribution in [0.15, 0.2) is 36.7 Å². The summed E-state index contributed by atoms with van der Waals surface area (Å²) in [5.74, 6) is -2.85. The lowest BCUT2D eigenvalue weighted by molar-refractivity contribution is -0.138. The van der Waals surface area contributed by atoms with Crippen LogP contribution in [0.4, 0.5) is 4.39 Å². The van der Waals surface area contributed by atoms with Gasteiger partial charge in [0, 0.05) is 19.3 Å². The summed E-state index contributed by atoms with van der Waals surface area (Å²) in [6.07, 6.45) is 3.96. The summed E-state index contributed by atoms with van der Waals surface area (Å²) < 4.78 is 14.6. The molecule has 0 aliphatic heterocycles. The van der Waals surface area contributed by atoms with Gasteiger partial charge in [0.2, 0.25) is 0 Å². The molecule has 0 aliphatic carbocycles. The lowest BCUT2D eigenvalue weighted by Crippen LogP contribution is -2.31. The Kier molecular flexibility index (Phi) is 5.46. The number of benzene rings is 1. The molecule has 2 rings (SSSR count). The summed E-state index contributed by atoms with van der Waals surface area (Å²) in [5, 5.41) is 15.9. The molecule has 1 heterocycles. The summed E-state index contributed by atoms with van der Waals surface area (Å²) in [7, 11) is 0. The average molecular weight is 319 g/mol. The number of nitrogens with zero attached hydrogens (tertiary/aromatic N) is 2. The van der Waals surface area contributed by atoms with E-state index in [4.69, 9.17) is 0 Å². The van der Waals surface area contributed by atoms with Gasteiger partial charge in [0.1, 0.15) is 5.82 Å². The third kappa shape index (κ3) is 4.38. The molecule has 7 heteroatoms. The molecule has 0 radical (unpaired) electrons. The van der Waals surface area contributed by atoms with E-state index in [1.54, 1.807) is 10.9 Å². The van der Waals surface area contributed by atoms with E-state index >= 15 is 0 Å². The van der Waals surface area contributed by atoms with Crippen LogP contribution in [0.5, 0.6) is 0 Å². The monoisotopic (exact) mass is 319 g/mol. The Hall–Kier alpha value is -2.70. The lowest BCUT2D eigenvalue weighted by Gasteiger charge is -2.13. The number of nitrogens with one attached hydrogen (secondary N) is 1. The van der Waals surface area contributed by atoms with Crippen LogP contribution in [0, 0.1) is 5.82 Å². The number of aromatic nitrogens is 2. The van der Waals surface area contributed by atoms with E-state index in [9.17, 15) is 19.1 Å². The SMILES string of the molecule is CCCn1cc(C(=O)NCC(C(=O)O)c2ccc(F)cc2)cn1. The quantitative estimate of drug-likeness (QED) is 0.818. The van der Waals surface area contributed by atoms with Gasteiger partial charge in [-0.15, -0.1) is 0 Å². The summed E-state index contributed by atoms with van der Waals surface area (Å²) in [4.78, 5) is 23.4. The standard InChI is InChI=1S/C16H18FN3O3/c1-2-7-20-10-12(8-19-20)15(21)18-9-14(16(22)23)11-3-5-13(17)6-4-11/h3-6,8,10,14H,2,7,9H2,1H3,(H,18,21)(H,22,23). The number of carboxylic acids is 1. The smallest absolute Gasteiger partial charge is 0.312 e. The number of amides is 1. The highest BCUT2D eigenvalue weighted by Gasteiger charge is 2.21. The number of carbonyl (C=O) groups is 2. The molecule has 6 nitrogen and oxygen atoms in total. The van der Waals surface area contributed by atoms with E-state index in [2.05, 4.69) is 10.4 Å². The number of hydrogen-bond donors (Lipinski definition) is 2. The van der Waals surface area contributed by atoms with Gasteiger partial charge in [0.15, 0.2) is 0 Å². The van der Waals surface area contributed by atoms with Crippen molar-refractivity contribution in [3.05, 3.63) is 53.6 Å². The van der Waals surface area contributed by atoms with Crippen molar-refractivity contribution in [2.75, 3.05) is 6.54 Å². The van der Waals surface area contributed by atoms with Crippen LogP contribution >= 0.6 is 0 Å². The first-order chi connectivity index (χ1) is 11.0. The van der Waals surface area contributed by atoms with Crippen molar-refractivity contribution < 1.29 is 19.1 Å². The van der Waals surface area contributed by atoms with Crippen LogP contribution < -0.4 is 5.32 Å². The van der Waals surface area contributed by atoms with Crippen molar-refractivity contribution >= 4 is 11.9 Å². The van der Waals surface area contributed by atoms with Gasteiger partial charge < -0.3 is 10.4 Å². The van der Waals surface area contributed by atoms with E-state index < -0.39 is 17.7 Å². The highest BCUT2D eigenvalue weighted by Crippen LogP contribution is 2.16. The van der Waals surface area contributed by atoms with Gasteiger partial charge in [-0.1, -0.05) is 19.1 Å². The number of hydrogen-bond acceptors (Lipinski definition) is 3. The largest absolute Gasteiger partial charge is 0.481 e. The van der Waals surface area contributed by atoms with E-state index in [1.807, 2.05) is 6.92 Å². The Labute approximate surface area is 132 Å². The number of rotatable bonds is 7. The van der Waals surface area contributed by atoms with Crippen LogP contribution in [0.25, 0.3) is 0 Å². The van der Waals surface area contributed by atoms with Gasteiger partial charge >= 0.3 is 5.97 Å². The molecule has 2 N–H and O–H groups in total. The number of carbonyl (C=O) groups excluding carboxylic acids is 1. The predicted molar refractivity (Wildman–Crippen MR) is 81.6 cm³/mol. The molecule has 1 aromatic heterocycles. The topological polar surface area (TPSA) is 84.2 Å². The summed E-state index contributed by atoms with van der Waals surface area (Å²) in [5.41, 5.74) is 0.808. The molecule has 122 valence electrons. The Morgan fingerprint density at radius 2 is 2.04 bits per heavy atom. The Morgan fingerprint density at radius 3 is 2.65 bits per heavy atom. The normalized spacial score (nSPS) is 11.9. The number of aliphatic carboxylic acids is 1. The third-order valence-corrected chi connectivity index (χ3v) is 3.39. The van der Waals surface area contributed by atoms with Crippen LogP contribution in [0.1, 0.15) is 35.2 Å². The van der Waals surface area contributed by atoms with Crippen molar-refractivity contribution in [3.8, 4) is 0 Å². The van der Waals surface area contributed by atoms with Crippen molar-refractivity contribution in [2.24, 2.45) is 0 Å². The fourth-order valence-corrected chi connectivity index (χ4v) is 2.17. The zero-order valence-electron chi connectivity index (χ0n) is 12.7. The van der Waals surface area contributed by atoms with E-state index in [1.165, 1.54) is 30.5 Å². The highest BCUT2D eigenvalue weighted by atomic mass is 19.1. The molecule has 0 saturated carbocycles. The molecule has 1 unspecified atom stereocenters. The first-order valence-electron chi connectivity index (χ1n) is 7.30. The zero-order chi connectivity index (χ0) is 16.8. The molecular formula is C16H18FN3O3. The lowest BCUT2D eigenvalue weighted by atomic mass is 9.99. The van der Waals surface area contributed by atoms with Gasteiger partial charge in [0.25, 0.3) is 5.91 Å². The number of carboxylic acid groups (broad SMARTS) is 1. The maximum atomic E-state index is 12.9. The number of halogens is 1. The van der Waals surface area contributed by atoms with E-state index in [0.29, 0.717) is 17.7 Å². The van der Waals surface area contributed by atoms with Gasteiger partial charge in [-0.25, -0.2) is 4.39 Å². The minimum atomic E-state index is -1.08. The van der Waals surface area contributed by atoms with Crippen molar-refractivity contribution in [2.45, 2.75) is 25.8 Å². The molecule has 0 fully saturated rings. The second kappa shape index (κ2) is 7.53. The molecule has 0 aliphatic rings. The Balaban J connectivity index is 2.01. The van der Waals surface area contributed by atoms with Crippen LogP contribution in [-0.2, 0) is 11.3 Å². The Bertz CT molecular complexity index is 682. The molecule has 0 saturated heterocycles. The molecular weight excluding hydrogens is 301 g/mol. The van der Waals surface area contributed by atoms with Crippen LogP contribution in [0.2, 0.25) is 0 Å². The minimum absolute atomic E-state index is 0.0846. The zero-order valence-corrected chi connectivity index (χ0v) is 12.7. The fourth-order valence-electron chi connectivity index (χ4n) is 2.17. The molecule has 1 amide bonds. The summed E-state index contributed by atoms with van der Waals surface area (Å²) >= 11 is 0. The summed E-state index contributed by atoms with van der Waals surface area (Å²) in [6, 6.07) is 5.20. The maximum Gasteiger partial charge on any atom is 0.312 e. The molecule has 1 aromatic carbocycles. The van der Waals surface area contributed by atoms with Crippen molar-refractivity contribution in [3.63, 3.8) is 0 Å². The second-order valence-electron chi connectivity index (χ2n) is 5.14. The van der Waals surface area contributed by atoms with Crippen molar-refractivity contribution in [1.82, 2.24) is 15.1 Å². The molecule has 1 atom stereocenters. The molecule has 2 aromatic rings. The molecule has 23 heavy (non-hydrogen) atoms. The average Bonchev–Trinajstić information content (AvgIpc) is 2.98. The van der Waals surface area contributed by atoms with Crippen LogP contribution in [-0.4, -0.2) is 33.3 Å². The van der Waals surface area contributed by atoms with Crippen LogP contribution in [0.3, 0.4) is 0 Å². The van der Waals surface area contributed by atoms with E-state index in [0.717, 1.165) is 6.42 Å². The second-order valence-corrected chi connectivity index (χ2v) is 5.14. The minimum Gasteiger partial charge on any atom is -0.481 e. The van der Waals surface area contributed by atoms with Gasteiger partial charge in [-0.3, -0.25) is 14.3 Å².